The zero-order valence-corrected chi connectivity index (χ0v) is 15.5. The van der Waals surface area contributed by atoms with Gasteiger partial charge in [-0.1, -0.05) is 12.2 Å². The van der Waals surface area contributed by atoms with E-state index in [0.29, 0.717) is 5.82 Å². The van der Waals surface area contributed by atoms with E-state index in [-0.39, 0.29) is 5.95 Å². The van der Waals surface area contributed by atoms with Gasteiger partial charge in [-0.15, -0.1) is 0 Å². The Morgan fingerprint density at radius 1 is 1.25 bits per heavy atom. The van der Waals surface area contributed by atoms with Crippen molar-refractivity contribution in [2.75, 3.05) is 10.6 Å². The quantitative estimate of drug-likeness (QED) is 0.583. The van der Waals surface area contributed by atoms with Crippen LogP contribution in [0, 0.1) is 42.4 Å². The molecule has 1 aromatic carbocycles. The smallest absolute Gasteiger partial charge is 0.225 e. The van der Waals surface area contributed by atoms with E-state index >= 15 is 0 Å². The molecule has 0 spiro atoms. The average Bonchev–Trinajstić information content (AvgIpc) is 2.76. The molecule has 0 fully saturated rings. The van der Waals surface area contributed by atoms with Crippen molar-refractivity contribution < 1.29 is 6.85 Å². The molecule has 0 aliphatic heterocycles. The third-order valence-electron chi connectivity index (χ3n) is 4.04. The second kappa shape index (κ2) is 8.83. The van der Waals surface area contributed by atoms with E-state index in [1.807, 2.05) is 32.0 Å². The monoisotopic (exact) mass is 375 g/mol. The minimum atomic E-state index is -2.77. The number of aromatic nitrogens is 2. The molecule has 2 aromatic rings. The average molecular weight is 375 g/mol. The van der Waals surface area contributed by atoms with Gasteiger partial charge >= 0.3 is 0 Å². The molecule has 1 aromatic heterocycles. The molecule has 28 heavy (non-hydrogen) atoms. The van der Waals surface area contributed by atoms with Crippen LogP contribution in [0.2, 0.25) is 0 Å². The molecular weight excluding hydrogens is 348 g/mol. The molecule has 140 valence electrons. The fourth-order valence-corrected chi connectivity index (χ4v) is 2.78. The molecule has 6 heteroatoms. The molecule has 2 atom stereocenters. The van der Waals surface area contributed by atoms with Crippen molar-refractivity contribution in [3.05, 3.63) is 59.3 Å². The first kappa shape index (κ1) is 13.5. The Labute approximate surface area is 172 Å². The third-order valence-corrected chi connectivity index (χ3v) is 4.04. The molecule has 1 heterocycles. The number of rotatable bonds is 5. The number of nitriles is 2. The third kappa shape index (κ3) is 4.75. The normalized spacial score (nSPS) is 27.3. The minimum Gasteiger partial charge on any atom is -0.348 e. The second-order valence-corrected chi connectivity index (χ2v) is 6.16. The fourth-order valence-electron chi connectivity index (χ4n) is 2.78. The highest BCUT2D eigenvalue weighted by molar-refractivity contribution is 5.69. The minimum absolute atomic E-state index is 0.0626. The summed E-state index contributed by atoms with van der Waals surface area (Å²) in [4.78, 5) is 8.46. The second-order valence-electron chi connectivity index (χ2n) is 6.16. The van der Waals surface area contributed by atoms with E-state index in [4.69, 9.17) is 12.1 Å². The van der Waals surface area contributed by atoms with Crippen LogP contribution in [-0.4, -0.2) is 16.0 Å². The number of aryl methyl sites for hydroxylation is 2. The zero-order valence-electron chi connectivity index (χ0n) is 20.5. The van der Waals surface area contributed by atoms with E-state index in [0.717, 1.165) is 28.5 Å². The molecule has 0 amide bonds. The maximum absolute atomic E-state index is 9.21. The Hall–Kier alpha value is -3.64. The largest absolute Gasteiger partial charge is 0.348 e. The summed E-state index contributed by atoms with van der Waals surface area (Å²) >= 11 is 0. The molecule has 1 aliphatic carbocycles. The van der Waals surface area contributed by atoms with Crippen molar-refractivity contribution in [3.63, 3.8) is 0 Å². The van der Waals surface area contributed by atoms with Crippen molar-refractivity contribution >= 4 is 23.5 Å². The number of nitrogens with one attached hydrogen (secondary N) is 2. The van der Waals surface area contributed by atoms with Gasteiger partial charge < -0.3 is 10.6 Å². The van der Waals surface area contributed by atoms with Gasteiger partial charge in [0.25, 0.3) is 0 Å². The van der Waals surface area contributed by atoms with E-state index < -0.39 is 24.7 Å². The molecule has 2 unspecified atom stereocenters. The lowest BCUT2D eigenvalue weighted by Gasteiger charge is -2.20. The Morgan fingerprint density at radius 2 is 2.04 bits per heavy atom. The van der Waals surface area contributed by atoms with Crippen LogP contribution in [0.1, 0.15) is 36.3 Å². The molecule has 0 radical (unpaired) electrons. The highest BCUT2D eigenvalue weighted by Gasteiger charge is 2.16. The van der Waals surface area contributed by atoms with Gasteiger partial charge in [0.05, 0.1) is 19.4 Å². The highest BCUT2D eigenvalue weighted by Crippen LogP contribution is 2.26. The number of allylic oxidation sites excluding steroid dienone is 2. The number of nitrogens with zero attached hydrogens (tertiary/aromatic N) is 4. The van der Waals surface area contributed by atoms with Crippen LogP contribution in [0.15, 0.2) is 42.6 Å². The Bertz CT molecular complexity index is 1190. The predicted octanol–water partition coefficient (Wildman–Crippen LogP) is 4.64. The van der Waals surface area contributed by atoms with E-state index in [9.17, 15) is 5.26 Å². The predicted molar refractivity (Wildman–Crippen MR) is 111 cm³/mol. The zero-order chi connectivity index (χ0) is 24.4. The van der Waals surface area contributed by atoms with Crippen molar-refractivity contribution in [1.82, 2.24) is 9.97 Å². The van der Waals surface area contributed by atoms with Gasteiger partial charge in [-0.05, 0) is 67.6 Å². The highest BCUT2D eigenvalue weighted by atomic mass is 15.1. The fraction of sp³-hybridized carbons (Fsp3) is 0.273. The van der Waals surface area contributed by atoms with Crippen molar-refractivity contribution in [2.24, 2.45) is 5.89 Å². The van der Waals surface area contributed by atoms with Crippen LogP contribution in [0.25, 0.3) is 6.08 Å². The summed E-state index contributed by atoms with van der Waals surface area (Å²) in [5.41, 5.74) is 3.59. The standard InChI is InChI=1S/C22H22N6/c1-15-12-18(4-3-10-23)13-16(2)21(15)27-20-9-11-25-22(28-20)26-19-7-5-17(14-24)6-8-19/h3-5,7,9,11-13,17,19H,6,8H2,1-2H3,(H2,25,26,27,28)/b4-3+/i6D2,8D2,17D. The van der Waals surface area contributed by atoms with E-state index in [1.165, 1.54) is 18.3 Å². The molecule has 0 saturated heterocycles. The first-order valence-corrected chi connectivity index (χ1v) is 8.60. The molecule has 0 saturated carbocycles. The first-order chi connectivity index (χ1) is 15.4. The van der Waals surface area contributed by atoms with Gasteiger partial charge in [0.1, 0.15) is 5.82 Å². The molecule has 1 aliphatic rings. The SMILES string of the molecule is [2H]C1(C#N)C=CC(Nc2nccc(Nc3c(C)cc(/C=C/C#N)cc3C)n2)C([2H])([2H])C1([2H])[2H]. The van der Waals surface area contributed by atoms with Crippen LogP contribution < -0.4 is 10.6 Å². The molecule has 3 rings (SSSR count). The lowest BCUT2D eigenvalue weighted by molar-refractivity contribution is 0.601. The summed E-state index contributed by atoms with van der Waals surface area (Å²) in [6, 6.07) is 7.82. The van der Waals surface area contributed by atoms with E-state index in [2.05, 4.69) is 20.6 Å². The number of hydrogen-bond donors (Lipinski definition) is 2. The van der Waals surface area contributed by atoms with Crippen LogP contribution in [0.3, 0.4) is 0 Å². The van der Waals surface area contributed by atoms with Gasteiger partial charge in [-0.25, -0.2) is 4.98 Å². The van der Waals surface area contributed by atoms with Crippen LogP contribution in [0.4, 0.5) is 17.5 Å². The summed E-state index contributed by atoms with van der Waals surface area (Å²) in [5.74, 6) is -1.84. The van der Waals surface area contributed by atoms with Gasteiger partial charge in [0.15, 0.2) is 0 Å². The van der Waals surface area contributed by atoms with Crippen molar-refractivity contribution in [2.45, 2.75) is 32.6 Å². The Balaban J connectivity index is 1.86. The molecular formula is C22H22N6. The number of anilines is 3. The maximum Gasteiger partial charge on any atom is 0.225 e. The lowest BCUT2D eigenvalue weighted by atomic mass is 9.94. The maximum atomic E-state index is 9.21. The van der Waals surface area contributed by atoms with Gasteiger partial charge in [-0.3, -0.25) is 0 Å². The first-order valence-electron chi connectivity index (χ1n) is 11.1. The number of hydrogen-bond acceptors (Lipinski definition) is 6. The van der Waals surface area contributed by atoms with Crippen LogP contribution >= 0.6 is 0 Å². The molecule has 6 nitrogen and oxygen atoms in total. The van der Waals surface area contributed by atoms with Crippen molar-refractivity contribution in [1.29, 1.82) is 10.5 Å². The summed E-state index contributed by atoms with van der Waals surface area (Å²) < 4.78 is 40.7. The topological polar surface area (TPSA) is 97.4 Å². The Morgan fingerprint density at radius 3 is 2.75 bits per heavy atom. The van der Waals surface area contributed by atoms with Gasteiger partial charge in [0, 0.05) is 29.5 Å². The van der Waals surface area contributed by atoms with E-state index in [1.54, 1.807) is 18.2 Å². The van der Waals surface area contributed by atoms with Gasteiger partial charge in [-0.2, -0.15) is 15.5 Å². The molecule has 0 bridgehead atoms. The summed E-state index contributed by atoms with van der Waals surface area (Å²) in [6.07, 6.45) is 1.59. The van der Waals surface area contributed by atoms with Crippen LogP contribution in [-0.2, 0) is 0 Å². The summed E-state index contributed by atoms with van der Waals surface area (Å²) in [7, 11) is 0. The summed E-state index contributed by atoms with van der Waals surface area (Å²) in [5, 5.41) is 23.9. The number of benzene rings is 1. The summed E-state index contributed by atoms with van der Waals surface area (Å²) in [6.45, 7) is 3.84. The van der Waals surface area contributed by atoms with Crippen LogP contribution in [0.5, 0.6) is 0 Å². The van der Waals surface area contributed by atoms with Gasteiger partial charge in [0.2, 0.25) is 5.95 Å². The Kier molecular flexibility index (Phi) is 4.26. The lowest BCUT2D eigenvalue weighted by Crippen LogP contribution is -2.22. The van der Waals surface area contributed by atoms with Crippen molar-refractivity contribution in [3.8, 4) is 12.1 Å². The molecule has 2 N–H and O–H groups in total.